The summed E-state index contributed by atoms with van der Waals surface area (Å²) in [4.78, 5) is 4.27. The Morgan fingerprint density at radius 2 is 2.00 bits per heavy atom. The Labute approximate surface area is 115 Å². The fourth-order valence-electron chi connectivity index (χ4n) is 1.92. The van der Waals surface area contributed by atoms with Gasteiger partial charge in [-0.2, -0.15) is 0 Å². The molecular formula is C14H14N4S. The molecule has 0 spiro atoms. The van der Waals surface area contributed by atoms with E-state index in [0.717, 1.165) is 28.6 Å². The Morgan fingerprint density at radius 3 is 2.79 bits per heavy atom. The first-order valence-corrected chi connectivity index (χ1v) is 7.26. The fraction of sp³-hybridized carbons (Fsp3) is 0.143. The minimum Gasteiger partial charge on any atom is -0.379 e. The maximum atomic E-state index is 4.49. The zero-order valence-electron chi connectivity index (χ0n) is 10.6. The summed E-state index contributed by atoms with van der Waals surface area (Å²) in [5, 5.41) is 8.67. The SMILES string of the molecule is CSc1ncc2ccc(CNc3ccccc3)n2n1. The molecule has 0 saturated heterocycles. The lowest BCUT2D eigenvalue weighted by Gasteiger charge is -2.06. The van der Waals surface area contributed by atoms with Gasteiger partial charge in [-0.25, -0.2) is 9.50 Å². The molecule has 0 fully saturated rings. The Hall–Kier alpha value is -2.01. The molecule has 4 nitrogen and oxygen atoms in total. The normalized spacial score (nSPS) is 10.8. The highest BCUT2D eigenvalue weighted by Gasteiger charge is 2.04. The number of para-hydroxylation sites is 1. The third-order valence-corrected chi connectivity index (χ3v) is 3.44. The topological polar surface area (TPSA) is 42.2 Å². The average Bonchev–Trinajstić information content (AvgIpc) is 2.88. The predicted octanol–water partition coefficient (Wildman–Crippen LogP) is 3.06. The summed E-state index contributed by atoms with van der Waals surface area (Å²) in [5.41, 5.74) is 3.25. The third-order valence-electron chi connectivity index (χ3n) is 2.89. The van der Waals surface area contributed by atoms with E-state index in [9.17, 15) is 0 Å². The number of aromatic nitrogens is 3. The van der Waals surface area contributed by atoms with Crippen molar-refractivity contribution in [2.75, 3.05) is 11.6 Å². The van der Waals surface area contributed by atoms with Gasteiger partial charge < -0.3 is 5.32 Å². The Bertz CT molecular complexity index is 678. The molecule has 3 rings (SSSR count). The molecule has 0 amide bonds. The summed E-state index contributed by atoms with van der Waals surface area (Å²) in [5.74, 6) is 0. The lowest BCUT2D eigenvalue weighted by Crippen LogP contribution is -2.05. The molecular weight excluding hydrogens is 256 g/mol. The summed E-state index contributed by atoms with van der Waals surface area (Å²) in [6, 6.07) is 14.3. The van der Waals surface area contributed by atoms with Gasteiger partial charge in [-0.3, -0.25) is 0 Å². The van der Waals surface area contributed by atoms with Crippen molar-refractivity contribution in [3.05, 3.63) is 54.4 Å². The highest BCUT2D eigenvalue weighted by Crippen LogP contribution is 2.14. The van der Waals surface area contributed by atoms with Gasteiger partial charge in [0.15, 0.2) is 0 Å². The van der Waals surface area contributed by atoms with E-state index < -0.39 is 0 Å². The largest absolute Gasteiger partial charge is 0.379 e. The molecule has 0 saturated carbocycles. The molecule has 0 aliphatic carbocycles. The number of rotatable bonds is 4. The Kier molecular flexibility index (Phi) is 3.37. The Morgan fingerprint density at radius 1 is 1.16 bits per heavy atom. The zero-order chi connectivity index (χ0) is 13.1. The molecule has 2 aromatic heterocycles. The molecule has 5 heteroatoms. The number of fused-ring (bicyclic) bond motifs is 1. The second-order valence-electron chi connectivity index (χ2n) is 4.13. The van der Waals surface area contributed by atoms with E-state index in [0.29, 0.717) is 0 Å². The number of thioether (sulfide) groups is 1. The van der Waals surface area contributed by atoms with Crippen LogP contribution in [0.15, 0.2) is 53.8 Å². The molecule has 2 heterocycles. The number of nitrogens with zero attached hydrogens (tertiary/aromatic N) is 3. The molecule has 0 radical (unpaired) electrons. The number of benzene rings is 1. The van der Waals surface area contributed by atoms with Crippen LogP contribution in [-0.4, -0.2) is 20.9 Å². The first-order valence-electron chi connectivity index (χ1n) is 6.03. The summed E-state index contributed by atoms with van der Waals surface area (Å²) < 4.78 is 1.94. The van der Waals surface area contributed by atoms with Gasteiger partial charge in [0.05, 0.1) is 24.0 Å². The van der Waals surface area contributed by atoms with Crippen LogP contribution in [0, 0.1) is 0 Å². The van der Waals surface area contributed by atoms with Crippen LogP contribution in [-0.2, 0) is 6.54 Å². The molecule has 0 unspecified atom stereocenters. The van der Waals surface area contributed by atoms with Crippen LogP contribution >= 0.6 is 11.8 Å². The molecule has 1 N–H and O–H groups in total. The molecule has 96 valence electrons. The van der Waals surface area contributed by atoms with Gasteiger partial charge in [0.1, 0.15) is 0 Å². The van der Waals surface area contributed by atoms with Crippen LogP contribution in [0.25, 0.3) is 5.52 Å². The highest BCUT2D eigenvalue weighted by atomic mass is 32.2. The van der Waals surface area contributed by atoms with Crippen molar-refractivity contribution in [1.29, 1.82) is 0 Å². The van der Waals surface area contributed by atoms with Crippen LogP contribution < -0.4 is 5.32 Å². The van der Waals surface area contributed by atoms with E-state index in [1.54, 1.807) is 11.8 Å². The first kappa shape index (κ1) is 12.0. The van der Waals surface area contributed by atoms with Gasteiger partial charge in [-0.1, -0.05) is 30.0 Å². The van der Waals surface area contributed by atoms with Crippen LogP contribution in [0.4, 0.5) is 5.69 Å². The minimum atomic E-state index is 0.739. The summed E-state index contributed by atoms with van der Waals surface area (Å²) >= 11 is 1.55. The van der Waals surface area contributed by atoms with Crippen LogP contribution in [0.5, 0.6) is 0 Å². The predicted molar refractivity (Wildman–Crippen MR) is 78.5 cm³/mol. The number of hydrogen-bond acceptors (Lipinski definition) is 4. The maximum absolute atomic E-state index is 4.49. The van der Waals surface area contributed by atoms with E-state index in [2.05, 4.69) is 33.6 Å². The fourth-order valence-corrected chi connectivity index (χ4v) is 2.24. The van der Waals surface area contributed by atoms with Crippen molar-refractivity contribution in [2.45, 2.75) is 11.7 Å². The van der Waals surface area contributed by atoms with Crippen molar-refractivity contribution in [1.82, 2.24) is 14.6 Å². The standard InChI is InChI=1S/C14H14N4S/c1-19-14-16-10-13-8-7-12(18(13)17-14)9-15-11-5-3-2-4-6-11/h2-8,10,15H,9H2,1H3. The Balaban J connectivity index is 1.84. The summed E-state index contributed by atoms with van der Waals surface area (Å²) in [6.07, 6.45) is 3.83. The molecule has 19 heavy (non-hydrogen) atoms. The van der Waals surface area contributed by atoms with E-state index in [1.165, 1.54) is 0 Å². The van der Waals surface area contributed by atoms with Crippen molar-refractivity contribution < 1.29 is 0 Å². The van der Waals surface area contributed by atoms with E-state index in [4.69, 9.17) is 0 Å². The maximum Gasteiger partial charge on any atom is 0.207 e. The van der Waals surface area contributed by atoms with Crippen molar-refractivity contribution in [3.8, 4) is 0 Å². The molecule has 0 bridgehead atoms. The number of anilines is 1. The summed E-state index contributed by atoms with van der Waals surface area (Å²) in [7, 11) is 0. The average molecular weight is 270 g/mol. The zero-order valence-corrected chi connectivity index (χ0v) is 11.4. The smallest absolute Gasteiger partial charge is 0.207 e. The van der Waals surface area contributed by atoms with E-state index >= 15 is 0 Å². The molecule has 1 aromatic carbocycles. The second kappa shape index (κ2) is 5.32. The highest BCUT2D eigenvalue weighted by molar-refractivity contribution is 7.98. The molecule has 0 aliphatic heterocycles. The lowest BCUT2D eigenvalue weighted by atomic mass is 10.3. The van der Waals surface area contributed by atoms with Gasteiger partial charge >= 0.3 is 0 Å². The second-order valence-corrected chi connectivity index (χ2v) is 4.90. The lowest BCUT2D eigenvalue weighted by molar-refractivity contribution is 0.764. The molecule has 3 aromatic rings. The minimum absolute atomic E-state index is 0.739. The summed E-state index contributed by atoms with van der Waals surface area (Å²) in [6.45, 7) is 0.739. The molecule has 0 aliphatic rings. The van der Waals surface area contributed by atoms with Gasteiger partial charge in [0, 0.05) is 5.69 Å². The third kappa shape index (κ3) is 2.56. The van der Waals surface area contributed by atoms with Crippen molar-refractivity contribution >= 4 is 23.0 Å². The number of hydrogen-bond donors (Lipinski definition) is 1. The van der Waals surface area contributed by atoms with Gasteiger partial charge in [0.2, 0.25) is 5.16 Å². The van der Waals surface area contributed by atoms with Crippen molar-refractivity contribution in [3.63, 3.8) is 0 Å². The first-order chi connectivity index (χ1) is 9.36. The monoisotopic (exact) mass is 270 g/mol. The van der Waals surface area contributed by atoms with Gasteiger partial charge in [-0.15, -0.1) is 5.10 Å². The van der Waals surface area contributed by atoms with Gasteiger partial charge in [-0.05, 0) is 30.5 Å². The van der Waals surface area contributed by atoms with Crippen LogP contribution in [0.2, 0.25) is 0 Å². The van der Waals surface area contributed by atoms with Crippen LogP contribution in [0.3, 0.4) is 0 Å². The van der Waals surface area contributed by atoms with E-state index in [1.807, 2.05) is 41.2 Å². The van der Waals surface area contributed by atoms with Gasteiger partial charge in [0.25, 0.3) is 0 Å². The van der Waals surface area contributed by atoms with E-state index in [-0.39, 0.29) is 0 Å². The molecule has 0 atom stereocenters. The van der Waals surface area contributed by atoms with Crippen molar-refractivity contribution in [2.24, 2.45) is 0 Å². The van der Waals surface area contributed by atoms with Crippen LogP contribution in [0.1, 0.15) is 5.69 Å². The quantitative estimate of drug-likeness (QED) is 0.740. The number of nitrogens with one attached hydrogen (secondary N) is 1.